The standard InChI is InChI=1S/C13H17N3O3/c17-13(18)10-6-15-12(7-14-10)16-9-2-1-3-11-8(9)4-5-19-11/h6-9,11H,1-5H2,(H,15,16)(H,17,18). The number of fused-ring (bicyclic) bond motifs is 1. The number of hydrogen-bond acceptors (Lipinski definition) is 5. The van der Waals surface area contributed by atoms with Crippen LogP contribution >= 0.6 is 0 Å². The molecule has 0 amide bonds. The van der Waals surface area contributed by atoms with Gasteiger partial charge < -0.3 is 15.2 Å². The number of aromatic carboxylic acids is 1. The Morgan fingerprint density at radius 2 is 2.21 bits per heavy atom. The number of anilines is 1. The molecule has 1 aromatic rings. The average molecular weight is 263 g/mol. The largest absolute Gasteiger partial charge is 0.476 e. The van der Waals surface area contributed by atoms with Crippen molar-refractivity contribution in [3.8, 4) is 0 Å². The van der Waals surface area contributed by atoms with Crippen molar-refractivity contribution >= 4 is 11.8 Å². The molecule has 1 saturated heterocycles. The Hall–Kier alpha value is -1.69. The zero-order valence-electron chi connectivity index (χ0n) is 10.6. The number of nitrogens with zero attached hydrogens (tertiary/aromatic N) is 2. The molecule has 102 valence electrons. The fraction of sp³-hybridized carbons (Fsp3) is 0.615. The summed E-state index contributed by atoms with van der Waals surface area (Å²) < 4.78 is 5.72. The van der Waals surface area contributed by atoms with Gasteiger partial charge in [-0.05, 0) is 25.7 Å². The first-order chi connectivity index (χ1) is 9.24. The van der Waals surface area contributed by atoms with Gasteiger partial charge in [0.2, 0.25) is 0 Å². The number of ether oxygens (including phenoxy) is 1. The average Bonchev–Trinajstić information content (AvgIpc) is 2.89. The molecule has 1 saturated carbocycles. The van der Waals surface area contributed by atoms with E-state index in [2.05, 4.69) is 15.3 Å². The van der Waals surface area contributed by atoms with E-state index in [0.717, 1.165) is 32.3 Å². The van der Waals surface area contributed by atoms with Crippen LogP contribution in [0.5, 0.6) is 0 Å². The van der Waals surface area contributed by atoms with Crippen molar-refractivity contribution in [2.24, 2.45) is 5.92 Å². The Morgan fingerprint density at radius 1 is 1.32 bits per heavy atom. The summed E-state index contributed by atoms with van der Waals surface area (Å²) in [6, 6.07) is 0.353. The van der Waals surface area contributed by atoms with Gasteiger partial charge >= 0.3 is 5.97 Å². The lowest BCUT2D eigenvalue weighted by molar-refractivity contribution is 0.0619. The van der Waals surface area contributed by atoms with Crippen molar-refractivity contribution in [1.29, 1.82) is 0 Å². The first kappa shape index (κ1) is 12.3. The molecule has 6 nitrogen and oxygen atoms in total. The van der Waals surface area contributed by atoms with E-state index in [-0.39, 0.29) is 5.69 Å². The molecule has 2 fully saturated rings. The van der Waals surface area contributed by atoms with Crippen molar-refractivity contribution < 1.29 is 14.6 Å². The number of aromatic nitrogens is 2. The minimum absolute atomic E-state index is 0.0312. The maximum Gasteiger partial charge on any atom is 0.356 e. The van der Waals surface area contributed by atoms with Crippen molar-refractivity contribution in [1.82, 2.24) is 9.97 Å². The van der Waals surface area contributed by atoms with Crippen molar-refractivity contribution in [3.05, 3.63) is 18.1 Å². The Balaban J connectivity index is 1.68. The predicted molar refractivity (Wildman–Crippen MR) is 68.1 cm³/mol. The maximum absolute atomic E-state index is 10.7. The SMILES string of the molecule is O=C(O)c1cnc(NC2CCCC3OCCC23)cn1. The molecular formula is C13H17N3O3. The van der Waals surface area contributed by atoms with Crippen molar-refractivity contribution in [3.63, 3.8) is 0 Å². The molecule has 6 heteroatoms. The van der Waals surface area contributed by atoms with Crippen LogP contribution in [0.1, 0.15) is 36.2 Å². The van der Waals surface area contributed by atoms with Gasteiger partial charge in [0, 0.05) is 18.6 Å². The number of carboxylic acids is 1. The lowest BCUT2D eigenvalue weighted by Gasteiger charge is -2.33. The quantitative estimate of drug-likeness (QED) is 0.860. The number of carboxylic acid groups (broad SMARTS) is 1. The molecular weight excluding hydrogens is 246 g/mol. The second-order valence-electron chi connectivity index (χ2n) is 5.14. The van der Waals surface area contributed by atoms with Crippen LogP contribution in [-0.2, 0) is 4.74 Å². The first-order valence-corrected chi connectivity index (χ1v) is 6.67. The smallest absolute Gasteiger partial charge is 0.356 e. The summed E-state index contributed by atoms with van der Waals surface area (Å²) in [6.45, 7) is 0.844. The minimum atomic E-state index is -1.05. The number of nitrogens with one attached hydrogen (secondary N) is 1. The first-order valence-electron chi connectivity index (χ1n) is 6.67. The second-order valence-corrected chi connectivity index (χ2v) is 5.14. The van der Waals surface area contributed by atoms with Gasteiger partial charge in [0.1, 0.15) is 5.82 Å². The van der Waals surface area contributed by atoms with Crippen LogP contribution in [0.15, 0.2) is 12.4 Å². The normalized spacial score (nSPS) is 29.8. The van der Waals surface area contributed by atoms with Gasteiger partial charge in [0.05, 0.1) is 18.5 Å². The molecule has 0 radical (unpaired) electrons. The molecule has 2 heterocycles. The van der Waals surface area contributed by atoms with Crippen molar-refractivity contribution in [2.75, 3.05) is 11.9 Å². The van der Waals surface area contributed by atoms with Crippen LogP contribution in [0.25, 0.3) is 0 Å². The fourth-order valence-electron chi connectivity index (χ4n) is 3.06. The highest BCUT2D eigenvalue weighted by molar-refractivity contribution is 5.84. The molecule has 2 N–H and O–H groups in total. The van der Waals surface area contributed by atoms with Gasteiger partial charge in [-0.2, -0.15) is 0 Å². The predicted octanol–water partition coefficient (Wildman–Crippen LogP) is 1.54. The highest BCUT2D eigenvalue weighted by atomic mass is 16.5. The van der Waals surface area contributed by atoms with Gasteiger partial charge in [-0.15, -0.1) is 0 Å². The summed E-state index contributed by atoms with van der Waals surface area (Å²) in [6.07, 6.45) is 7.64. The van der Waals surface area contributed by atoms with E-state index in [1.54, 1.807) is 0 Å². The zero-order valence-corrected chi connectivity index (χ0v) is 10.6. The van der Waals surface area contributed by atoms with E-state index in [0.29, 0.717) is 23.9 Å². The lowest BCUT2D eigenvalue weighted by atomic mass is 9.82. The summed E-state index contributed by atoms with van der Waals surface area (Å²) in [5, 5.41) is 12.2. The third-order valence-corrected chi connectivity index (χ3v) is 3.99. The van der Waals surface area contributed by atoms with Crippen LogP contribution in [0.2, 0.25) is 0 Å². The third kappa shape index (κ3) is 2.53. The Labute approximate surface area is 111 Å². The highest BCUT2D eigenvalue weighted by Crippen LogP contribution is 2.35. The van der Waals surface area contributed by atoms with Crippen LogP contribution in [0.4, 0.5) is 5.82 Å². The summed E-state index contributed by atoms with van der Waals surface area (Å²) in [5.74, 6) is 0.123. The molecule has 0 aromatic carbocycles. The van der Waals surface area contributed by atoms with Gasteiger partial charge in [-0.25, -0.2) is 14.8 Å². The Bertz CT molecular complexity index is 463. The minimum Gasteiger partial charge on any atom is -0.476 e. The fourth-order valence-corrected chi connectivity index (χ4v) is 3.06. The van der Waals surface area contributed by atoms with Gasteiger partial charge in [0.25, 0.3) is 0 Å². The van der Waals surface area contributed by atoms with Gasteiger partial charge in [-0.1, -0.05) is 0 Å². The van der Waals surface area contributed by atoms with E-state index in [9.17, 15) is 4.79 Å². The van der Waals surface area contributed by atoms with Gasteiger partial charge in [-0.3, -0.25) is 0 Å². The Kier molecular flexibility index (Phi) is 3.33. The molecule has 19 heavy (non-hydrogen) atoms. The molecule has 1 aliphatic carbocycles. The Morgan fingerprint density at radius 3 is 2.95 bits per heavy atom. The maximum atomic E-state index is 10.7. The zero-order chi connectivity index (χ0) is 13.2. The molecule has 3 atom stereocenters. The summed E-state index contributed by atoms with van der Waals surface area (Å²) >= 11 is 0. The van der Waals surface area contributed by atoms with E-state index in [1.807, 2.05) is 0 Å². The summed E-state index contributed by atoms with van der Waals surface area (Å²) in [5.41, 5.74) is -0.0312. The topological polar surface area (TPSA) is 84.3 Å². The highest BCUT2D eigenvalue weighted by Gasteiger charge is 2.37. The van der Waals surface area contributed by atoms with Crippen LogP contribution < -0.4 is 5.32 Å². The van der Waals surface area contributed by atoms with E-state index < -0.39 is 5.97 Å². The molecule has 1 aromatic heterocycles. The third-order valence-electron chi connectivity index (χ3n) is 3.99. The van der Waals surface area contributed by atoms with Crippen LogP contribution in [0.3, 0.4) is 0 Å². The molecule has 1 aliphatic heterocycles. The lowest BCUT2D eigenvalue weighted by Crippen LogP contribution is -2.38. The second kappa shape index (κ2) is 5.13. The molecule has 3 unspecified atom stereocenters. The number of rotatable bonds is 3. The molecule has 0 bridgehead atoms. The number of carbonyl (C=O) groups is 1. The molecule has 3 rings (SSSR count). The molecule has 0 spiro atoms. The van der Waals surface area contributed by atoms with E-state index in [1.165, 1.54) is 12.4 Å². The van der Waals surface area contributed by atoms with Gasteiger partial charge in [0.15, 0.2) is 5.69 Å². The van der Waals surface area contributed by atoms with E-state index in [4.69, 9.17) is 9.84 Å². The molecule has 2 aliphatic rings. The van der Waals surface area contributed by atoms with Crippen LogP contribution in [-0.4, -0.2) is 39.8 Å². The monoisotopic (exact) mass is 263 g/mol. The van der Waals surface area contributed by atoms with E-state index >= 15 is 0 Å². The summed E-state index contributed by atoms with van der Waals surface area (Å²) in [7, 11) is 0. The summed E-state index contributed by atoms with van der Waals surface area (Å²) in [4.78, 5) is 18.7. The van der Waals surface area contributed by atoms with Crippen LogP contribution in [0, 0.1) is 5.92 Å². The number of hydrogen-bond donors (Lipinski definition) is 2. The van der Waals surface area contributed by atoms with Crippen molar-refractivity contribution in [2.45, 2.75) is 37.8 Å².